The van der Waals surface area contributed by atoms with Gasteiger partial charge in [-0.15, -0.1) is 11.8 Å². The molecular weight excluding hydrogens is 468 g/mol. The van der Waals surface area contributed by atoms with Crippen molar-refractivity contribution < 1.29 is 18.4 Å². The maximum Gasteiger partial charge on any atom is 0.323 e. The molecule has 9 heteroatoms. The Balaban J connectivity index is 1.54. The van der Waals surface area contributed by atoms with E-state index < -0.39 is 22.5 Å². The molecule has 2 aliphatic heterocycles. The van der Waals surface area contributed by atoms with Gasteiger partial charge in [-0.05, 0) is 54.1 Å². The summed E-state index contributed by atoms with van der Waals surface area (Å²) in [6, 6.07) is 16.3. The highest BCUT2D eigenvalue weighted by atomic mass is 35.5. The Morgan fingerprint density at radius 3 is 2.64 bits per heavy atom. The first kappa shape index (κ1) is 21.7. The van der Waals surface area contributed by atoms with Crippen molar-refractivity contribution in [2.75, 3.05) is 22.5 Å². The minimum atomic E-state index is -1.41. The fraction of sp³-hybridized carbons (Fsp3) is 0.167. The minimum absolute atomic E-state index is 0.0985. The molecule has 5 rings (SSSR count). The van der Waals surface area contributed by atoms with Crippen molar-refractivity contribution >= 4 is 46.7 Å². The molecule has 0 aliphatic carbocycles. The smallest absolute Gasteiger partial charge is 0.308 e. The predicted molar refractivity (Wildman–Crippen MR) is 125 cm³/mol. The van der Waals surface area contributed by atoms with Crippen molar-refractivity contribution in [3.8, 4) is 0 Å². The molecule has 0 aromatic heterocycles. The van der Waals surface area contributed by atoms with Crippen molar-refractivity contribution in [1.82, 2.24) is 4.90 Å². The molecule has 3 aromatic rings. The molecule has 3 aromatic carbocycles. The van der Waals surface area contributed by atoms with Crippen LogP contribution < -0.4 is 10.2 Å². The lowest BCUT2D eigenvalue weighted by molar-refractivity contribution is -0.123. The summed E-state index contributed by atoms with van der Waals surface area (Å²) in [5.41, 5.74) is 1.99. The van der Waals surface area contributed by atoms with Crippen LogP contribution in [0.5, 0.6) is 0 Å². The monoisotopic (exact) mass is 485 g/mol. The number of hydrogen-bond acceptors (Lipinski definition) is 3. The number of amides is 3. The quantitative estimate of drug-likeness (QED) is 0.525. The highest BCUT2D eigenvalue weighted by Crippen LogP contribution is 2.54. The van der Waals surface area contributed by atoms with Gasteiger partial charge in [0.1, 0.15) is 11.6 Å². The topological polar surface area (TPSA) is 52.7 Å². The van der Waals surface area contributed by atoms with E-state index in [4.69, 9.17) is 11.6 Å². The number of rotatable bonds is 3. The molecule has 1 saturated heterocycles. The third kappa shape index (κ3) is 3.73. The zero-order valence-electron chi connectivity index (χ0n) is 17.2. The van der Waals surface area contributed by atoms with Crippen molar-refractivity contribution in [2.24, 2.45) is 0 Å². The molecule has 1 N–H and O–H groups in total. The van der Waals surface area contributed by atoms with Crippen LogP contribution in [0.2, 0.25) is 5.02 Å². The second-order valence-corrected chi connectivity index (χ2v) is 9.49. The summed E-state index contributed by atoms with van der Waals surface area (Å²) < 4.78 is 28.1. The van der Waals surface area contributed by atoms with Crippen LogP contribution >= 0.6 is 23.4 Å². The molecule has 33 heavy (non-hydrogen) atoms. The van der Waals surface area contributed by atoms with Gasteiger partial charge in [0.15, 0.2) is 4.87 Å². The number of benzene rings is 3. The second kappa shape index (κ2) is 8.35. The maximum absolute atomic E-state index is 14.3. The summed E-state index contributed by atoms with van der Waals surface area (Å²) in [4.78, 5) is 28.6. The fourth-order valence-electron chi connectivity index (χ4n) is 4.32. The van der Waals surface area contributed by atoms with Gasteiger partial charge in [-0.1, -0.05) is 29.8 Å². The molecule has 5 nitrogen and oxygen atoms in total. The lowest BCUT2D eigenvalue weighted by atomic mass is 10.1. The van der Waals surface area contributed by atoms with E-state index in [1.807, 2.05) is 0 Å². The summed E-state index contributed by atoms with van der Waals surface area (Å²) in [5, 5.41) is 3.25. The normalized spacial score (nSPS) is 19.3. The number of carbonyl (C=O) groups is 2. The van der Waals surface area contributed by atoms with Crippen LogP contribution in [0.1, 0.15) is 11.1 Å². The van der Waals surface area contributed by atoms with E-state index in [-0.39, 0.29) is 12.5 Å². The molecule has 0 bridgehead atoms. The molecule has 2 heterocycles. The van der Waals surface area contributed by atoms with Gasteiger partial charge in [-0.2, -0.15) is 0 Å². The first-order chi connectivity index (χ1) is 15.9. The van der Waals surface area contributed by atoms with E-state index in [0.717, 1.165) is 0 Å². The minimum Gasteiger partial charge on any atom is -0.308 e. The predicted octanol–water partition coefficient (Wildman–Crippen LogP) is 5.60. The average molecular weight is 486 g/mol. The molecular formula is C24H18ClF2N3O2S. The standard InChI is InChI=1S/C24H18ClF2N3O2S/c25-16-4-2-6-19(12-16)28-23(32)30-9-10-33-24(30)20-13-18(27)7-8-21(20)29(22(24)31)14-15-3-1-5-17(26)11-15/h1-8,11-13H,9-10,14H2,(H,28,32)/t24-/m0/s1. The van der Waals surface area contributed by atoms with Crippen molar-refractivity contribution in [2.45, 2.75) is 11.4 Å². The van der Waals surface area contributed by atoms with Crippen molar-refractivity contribution in [1.29, 1.82) is 0 Å². The summed E-state index contributed by atoms with van der Waals surface area (Å²) in [5.74, 6) is -0.781. The fourth-order valence-corrected chi connectivity index (χ4v) is 5.96. The second-order valence-electron chi connectivity index (χ2n) is 7.77. The summed E-state index contributed by atoms with van der Waals surface area (Å²) >= 11 is 7.31. The lowest BCUT2D eigenvalue weighted by Crippen LogP contribution is -2.51. The largest absolute Gasteiger partial charge is 0.323 e. The van der Waals surface area contributed by atoms with E-state index in [9.17, 15) is 18.4 Å². The van der Waals surface area contributed by atoms with Gasteiger partial charge in [0.05, 0.1) is 12.2 Å². The molecule has 0 unspecified atom stereocenters. The van der Waals surface area contributed by atoms with E-state index in [0.29, 0.717) is 39.8 Å². The number of halogens is 3. The number of fused-ring (bicyclic) bond motifs is 2. The molecule has 1 atom stereocenters. The van der Waals surface area contributed by atoms with Gasteiger partial charge < -0.3 is 10.2 Å². The number of anilines is 2. The zero-order valence-corrected chi connectivity index (χ0v) is 18.8. The lowest BCUT2D eigenvalue weighted by Gasteiger charge is -2.33. The Kier molecular flexibility index (Phi) is 5.50. The Hall–Kier alpha value is -3.10. The van der Waals surface area contributed by atoms with Crippen LogP contribution in [0, 0.1) is 11.6 Å². The summed E-state index contributed by atoms with van der Waals surface area (Å²) in [6.07, 6.45) is 0. The number of nitrogens with zero attached hydrogens (tertiary/aromatic N) is 2. The molecule has 1 spiro atoms. The molecule has 0 saturated carbocycles. The molecule has 3 amide bonds. The molecule has 2 aliphatic rings. The van der Waals surface area contributed by atoms with E-state index >= 15 is 0 Å². The highest BCUT2D eigenvalue weighted by Gasteiger charge is 2.59. The number of urea groups is 1. The number of carbonyl (C=O) groups excluding carboxylic acids is 2. The van der Waals surface area contributed by atoms with Crippen LogP contribution in [0.15, 0.2) is 66.7 Å². The van der Waals surface area contributed by atoms with Crippen LogP contribution in [0.25, 0.3) is 0 Å². The maximum atomic E-state index is 14.3. The third-order valence-electron chi connectivity index (χ3n) is 5.71. The van der Waals surface area contributed by atoms with Crippen LogP contribution in [0.3, 0.4) is 0 Å². The van der Waals surface area contributed by atoms with Gasteiger partial charge in [0.25, 0.3) is 5.91 Å². The van der Waals surface area contributed by atoms with Gasteiger partial charge in [0, 0.05) is 28.6 Å². The molecule has 168 valence electrons. The highest BCUT2D eigenvalue weighted by molar-refractivity contribution is 8.01. The van der Waals surface area contributed by atoms with Crippen molar-refractivity contribution in [3.63, 3.8) is 0 Å². The Bertz CT molecular complexity index is 1270. The van der Waals surface area contributed by atoms with Crippen molar-refractivity contribution in [3.05, 3.63) is 94.5 Å². The van der Waals surface area contributed by atoms with Crippen LogP contribution in [-0.4, -0.2) is 29.1 Å². The SMILES string of the molecule is O=C(Nc1cccc(Cl)c1)N1CCS[C@@]12C(=O)N(Cc1cccc(F)c1)c1ccc(F)cc12. The first-order valence-electron chi connectivity index (χ1n) is 10.2. The molecule has 1 fully saturated rings. The Morgan fingerprint density at radius 1 is 1.06 bits per heavy atom. The van der Waals surface area contributed by atoms with Gasteiger partial charge in [-0.3, -0.25) is 9.69 Å². The summed E-state index contributed by atoms with van der Waals surface area (Å²) in [6.45, 7) is 0.397. The van der Waals surface area contributed by atoms with E-state index in [1.54, 1.807) is 36.4 Å². The number of thioether (sulfide) groups is 1. The van der Waals surface area contributed by atoms with Crippen LogP contribution in [-0.2, 0) is 16.2 Å². The van der Waals surface area contributed by atoms with Gasteiger partial charge in [0.2, 0.25) is 0 Å². The Labute approximate surface area is 198 Å². The van der Waals surface area contributed by atoms with E-state index in [1.165, 1.54) is 51.9 Å². The number of hydrogen-bond donors (Lipinski definition) is 1. The van der Waals surface area contributed by atoms with E-state index in [2.05, 4.69) is 5.32 Å². The third-order valence-corrected chi connectivity index (χ3v) is 7.36. The number of nitrogens with one attached hydrogen (secondary N) is 1. The average Bonchev–Trinajstić information content (AvgIpc) is 3.31. The summed E-state index contributed by atoms with van der Waals surface area (Å²) in [7, 11) is 0. The van der Waals surface area contributed by atoms with Gasteiger partial charge >= 0.3 is 6.03 Å². The molecule has 0 radical (unpaired) electrons. The Morgan fingerprint density at radius 2 is 1.85 bits per heavy atom. The first-order valence-corrected chi connectivity index (χ1v) is 11.6. The van der Waals surface area contributed by atoms with Crippen LogP contribution in [0.4, 0.5) is 25.0 Å². The van der Waals surface area contributed by atoms with Gasteiger partial charge in [-0.25, -0.2) is 13.6 Å². The zero-order chi connectivity index (χ0) is 23.2.